The van der Waals surface area contributed by atoms with Crippen LogP contribution in [0.3, 0.4) is 0 Å². The zero-order chi connectivity index (χ0) is 34.2. The van der Waals surface area contributed by atoms with Crippen LogP contribution in [0.1, 0.15) is 66.9 Å². The van der Waals surface area contributed by atoms with Gasteiger partial charge in [0.15, 0.2) is 0 Å². The van der Waals surface area contributed by atoms with E-state index in [-0.39, 0.29) is 37.6 Å². The molecule has 258 valence electrons. The van der Waals surface area contributed by atoms with Crippen molar-refractivity contribution in [3.05, 3.63) is 106 Å². The Bertz CT molecular complexity index is 2120. The van der Waals surface area contributed by atoms with Gasteiger partial charge >= 0.3 is 5.63 Å². The first-order valence-corrected chi connectivity index (χ1v) is 19.9. The normalized spacial score (nSPS) is 17.8. The number of hydrogen-bond donors (Lipinski definition) is 2. The molecule has 1 unspecified atom stereocenters. The van der Waals surface area contributed by atoms with Crippen molar-refractivity contribution in [3.8, 4) is 5.75 Å². The monoisotopic (exact) mass is 704 g/mol. The molecule has 1 saturated heterocycles. The lowest BCUT2D eigenvalue weighted by Crippen LogP contribution is -2.37. The van der Waals surface area contributed by atoms with Crippen LogP contribution in [-0.2, 0) is 37.4 Å². The van der Waals surface area contributed by atoms with Crippen molar-refractivity contribution in [1.82, 2.24) is 0 Å². The van der Waals surface area contributed by atoms with Gasteiger partial charge in [-0.25, -0.2) is 21.6 Å². The Kier molecular flexibility index (Phi) is 9.29. The van der Waals surface area contributed by atoms with Crippen molar-refractivity contribution in [2.24, 2.45) is 5.92 Å². The van der Waals surface area contributed by atoms with Gasteiger partial charge in [0.1, 0.15) is 21.3 Å². The van der Waals surface area contributed by atoms with Crippen molar-refractivity contribution in [2.75, 3.05) is 35.9 Å². The van der Waals surface area contributed by atoms with Gasteiger partial charge in [0, 0.05) is 36.7 Å². The fraction of sp³-hybridized carbons (Fsp3) is 0.378. The average molecular weight is 705 g/mol. The van der Waals surface area contributed by atoms with E-state index in [2.05, 4.69) is 4.72 Å². The third-order valence-electron chi connectivity index (χ3n) is 9.72. The van der Waals surface area contributed by atoms with E-state index >= 15 is 0 Å². The maximum Gasteiger partial charge on any atom is 0.343 e. The van der Waals surface area contributed by atoms with Crippen LogP contribution < -0.4 is 15.2 Å². The zero-order valence-electron chi connectivity index (χ0n) is 27.1. The summed E-state index contributed by atoms with van der Waals surface area (Å²) in [6, 6.07) is 19.0. The average Bonchev–Trinajstić information content (AvgIpc) is 3.93. The molecule has 2 heterocycles. The molecule has 3 aromatic carbocycles. The number of morpholine rings is 1. The van der Waals surface area contributed by atoms with E-state index in [0.29, 0.717) is 61.7 Å². The van der Waals surface area contributed by atoms with Crippen LogP contribution >= 0.6 is 0 Å². The van der Waals surface area contributed by atoms with E-state index in [4.69, 9.17) is 9.15 Å². The number of sulfone groups is 1. The summed E-state index contributed by atoms with van der Waals surface area (Å²) in [6.07, 6.45) is 6.84. The number of nitrogens with zero attached hydrogens (tertiary/aromatic N) is 1. The van der Waals surface area contributed by atoms with Crippen LogP contribution in [0.2, 0.25) is 0 Å². The largest absolute Gasteiger partial charge is 0.507 e. The molecule has 1 aromatic heterocycles. The molecule has 12 heteroatoms. The summed E-state index contributed by atoms with van der Waals surface area (Å²) in [4.78, 5) is 14.6. The van der Waals surface area contributed by atoms with Gasteiger partial charge in [-0.2, -0.15) is 0 Å². The van der Waals surface area contributed by atoms with Gasteiger partial charge in [0.25, 0.3) is 10.0 Å². The minimum absolute atomic E-state index is 0.00766. The summed E-state index contributed by atoms with van der Waals surface area (Å²) in [5, 5.41) is 11.5. The highest BCUT2D eigenvalue weighted by Gasteiger charge is 2.39. The number of fused-ring (bicyclic) bond motifs is 1. The molecule has 2 fully saturated rings. The Balaban J connectivity index is 1.28. The summed E-state index contributed by atoms with van der Waals surface area (Å²) in [5.74, 6) is 0.143. The molecule has 1 saturated carbocycles. The second kappa shape index (κ2) is 13.6. The minimum Gasteiger partial charge on any atom is -0.507 e. The molecule has 2 N–H and O–H groups in total. The predicted octanol–water partition coefficient (Wildman–Crippen LogP) is 6.02. The van der Waals surface area contributed by atoms with E-state index < -0.39 is 31.4 Å². The van der Waals surface area contributed by atoms with Crippen LogP contribution in [0.4, 0.5) is 11.4 Å². The Hall–Kier alpha value is -4.13. The lowest BCUT2D eigenvalue weighted by molar-refractivity contribution is 0.122. The SMILES string of the molecule is O=c1oc2c(c(O)c1C(c1cccc(NS(=O)(=O)c3cccc(N4CCOCC4)c3S(=O)(=O)c3ccccc3)c1)C1CC1)CCCCCC2. The van der Waals surface area contributed by atoms with Crippen molar-refractivity contribution in [2.45, 2.75) is 72.0 Å². The number of hydrogen-bond acceptors (Lipinski definition) is 9. The van der Waals surface area contributed by atoms with Crippen molar-refractivity contribution in [1.29, 1.82) is 0 Å². The molecule has 4 aromatic rings. The van der Waals surface area contributed by atoms with E-state index in [1.807, 2.05) is 11.0 Å². The number of nitrogens with one attached hydrogen (secondary N) is 1. The predicted molar refractivity (Wildman–Crippen MR) is 186 cm³/mol. The molecule has 7 rings (SSSR count). The molecule has 1 atom stereocenters. The fourth-order valence-electron chi connectivity index (χ4n) is 7.16. The molecule has 0 radical (unpaired) electrons. The third-order valence-corrected chi connectivity index (χ3v) is 13.1. The number of aromatic hydroxyl groups is 1. The van der Waals surface area contributed by atoms with Crippen LogP contribution in [0.5, 0.6) is 5.75 Å². The zero-order valence-corrected chi connectivity index (χ0v) is 28.8. The Labute approximate surface area is 286 Å². The summed E-state index contributed by atoms with van der Waals surface area (Å²) < 4.78 is 70.8. The highest BCUT2D eigenvalue weighted by atomic mass is 32.2. The summed E-state index contributed by atoms with van der Waals surface area (Å²) in [7, 11) is -8.74. The van der Waals surface area contributed by atoms with Crippen LogP contribution in [-0.4, -0.2) is 48.2 Å². The maximum absolute atomic E-state index is 14.2. The molecule has 0 bridgehead atoms. The van der Waals surface area contributed by atoms with Crippen LogP contribution in [0, 0.1) is 5.92 Å². The molecule has 3 aliphatic rings. The first kappa shape index (κ1) is 33.4. The van der Waals surface area contributed by atoms with Gasteiger partial charge in [-0.3, -0.25) is 4.72 Å². The number of anilines is 2. The minimum atomic E-state index is -4.46. The second-order valence-corrected chi connectivity index (χ2v) is 16.6. The smallest absolute Gasteiger partial charge is 0.343 e. The van der Waals surface area contributed by atoms with E-state index in [1.54, 1.807) is 48.5 Å². The number of sulfonamides is 1. The number of benzene rings is 3. The van der Waals surface area contributed by atoms with E-state index in [9.17, 15) is 26.7 Å². The Morgan fingerprint density at radius 2 is 1.55 bits per heavy atom. The lowest BCUT2D eigenvalue weighted by atomic mass is 9.85. The van der Waals surface area contributed by atoms with E-state index in [1.165, 1.54) is 18.2 Å². The van der Waals surface area contributed by atoms with Crippen LogP contribution in [0.25, 0.3) is 0 Å². The third kappa shape index (κ3) is 6.73. The number of ether oxygens (including phenoxy) is 1. The van der Waals surface area contributed by atoms with Gasteiger partial charge in [0.2, 0.25) is 9.84 Å². The Morgan fingerprint density at radius 1 is 0.837 bits per heavy atom. The van der Waals surface area contributed by atoms with E-state index in [0.717, 1.165) is 38.5 Å². The topological polar surface area (TPSA) is 143 Å². The second-order valence-electron chi connectivity index (χ2n) is 13.0. The molecular weight excluding hydrogens is 665 g/mol. The number of rotatable bonds is 9. The van der Waals surface area contributed by atoms with Gasteiger partial charge in [-0.15, -0.1) is 0 Å². The highest BCUT2D eigenvalue weighted by molar-refractivity contribution is 7.95. The van der Waals surface area contributed by atoms with Gasteiger partial charge < -0.3 is 19.2 Å². The molecule has 0 amide bonds. The summed E-state index contributed by atoms with van der Waals surface area (Å²) >= 11 is 0. The van der Waals surface area contributed by atoms with Crippen molar-refractivity contribution < 1.29 is 31.1 Å². The van der Waals surface area contributed by atoms with Gasteiger partial charge in [-0.05, 0) is 80.0 Å². The van der Waals surface area contributed by atoms with Gasteiger partial charge in [-0.1, -0.05) is 49.2 Å². The summed E-state index contributed by atoms with van der Waals surface area (Å²) in [5.41, 5.74) is 1.52. The molecule has 1 aliphatic heterocycles. The maximum atomic E-state index is 14.2. The molecule has 0 spiro atoms. The first-order chi connectivity index (χ1) is 23.6. The standard InChI is InChI=1S/C37H40N2O8S2/c40-35-29-14-6-1-2-7-16-31(29)47-37(41)34(35)33(25-18-19-25)26-10-8-11-27(24-26)38-49(44,45)32-17-9-15-30(39-20-22-46-23-21-39)36(32)48(42,43)28-12-4-3-5-13-28/h3-5,8-13,15,17,24-25,33,38,40H,1-2,6-7,14,16,18-23H2. The molecule has 49 heavy (non-hydrogen) atoms. The quantitative estimate of drug-likeness (QED) is 0.214. The lowest BCUT2D eigenvalue weighted by Gasteiger charge is -2.31. The molecular formula is C37H40N2O8S2. The fourth-order valence-corrected chi connectivity index (χ4v) is 10.5. The van der Waals surface area contributed by atoms with Gasteiger partial charge in [0.05, 0.1) is 29.4 Å². The summed E-state index contributed by atoms with van der Waals surface area (Å²) in [6.45, 7) is 1.57. The van der Waals surface area contributed by atoms with Crippen molar-refractivity contribution in [3.63, 3.8) is 0 Å². The molecule has 10 nitrogen and oxygen atoms in total. The number of aryl methyl sites for hydroxylation is 1. The first-order valence-electron chi connectivity index (χ1n) is 16.9. The van der Waals surface area contributed by atoms with Crippen LogP contribution in [0.15, 0.2) is 96.7 Å². The Morgan fingerprint density at radius 3 is 2.29 bits per heavy atom. The van der Waals surface area contributed by atoms with Crippen molar-refractivity contribution >= 4 is 31.2 Å². The molecule has 2 aliphatic carbocycles. The highest BCUT2D eigenvalue weighted by Crippen LogP contribution is 2.49.